The van der Waals surface area contributed by atoms with Gasteiger partial charge in [-0.3, -0.25) is 14.5 Å². The van der Waals surface area contributed by atoms with E-state index < -0.39 is 35.4 Å². The summed E-state index contributed by atoms with van der Waals surface area (Å²) in [5.41, 5.74) is -0.595. The summed E-state index contributed by atoms with van der Waals surface area (Å²) < 4.78 is 52.0. The van der Waals surface area contributed by atoms with E-state index >= 15 is 0 Å². The lowest BCUT2D eigenvalue weighted by Crippen LogP contribution is -2.33. The molecule has 2 aromatic rings. The quantitative estimate of drug-likeness (QED) is 0.587. The Kier molecular flexibility index (Phi) is 5.22. The Morgan fingerprint density at radius 3 is 2.37 bits per heavy atom. The number of carbonyl (C=O) groups excluding carboxylic acids is 2. The smallest absolute Gasteiger partial charge is 0.367 e. The molecule has 0 atom stereocenters. The molecule has 0 spiro atoms. The van der Waals surface area contributed by atoms with Crippen LogP contribution in [0.5, 0.6) is 0 Å². The molecule has 1 N–H and O–H groups in total. The zero-order valence-electron chi connectivity index (χ0n) is 13.6. The van der Waals surface area contributed by atoms with Crippen molar-refractivity contribution in [2.45, 2.75) is 6.18 Å². The second-order valence-corrected chi connectivity index (χ2v) is 6.53. The number of hydrogen-bond acceptors (Lipinski definition) is 4. The molecule has 3 rings (SSSR count). The molecule has 140 valence electrons. The molecule has 2 aromatic carbocycles. The van der Waals surface area contributed by atoms with Crippen LogP contribution in [0.1, 0.15) is 11.1 Å². The summed E-state index contributed by atoms with van der Waals surface area (Å²) in [6.45, 7) is -0.404. The first-order chi connectivity index (χ1) is 12.8. The molecule has 9 heteroatoms. The molecule has 0 unspecified atom stereocenters. The van der Waals surface area contributed by atoms with Crippen molar-refractivity contribution in [1.82, 2.24) is 4.90 Å². The third-order valence-electron chi connectivity index (χ3n) is 3.70. The van der Waals surface area contributed by atoms with Crippen LogP contribution in [-0.4, -0.2) is 22.7 Å². The highest BCUT2D eigenvalue weighted by Crippen LogP contribution is 2.35. The van der Waals surface area contributed by atoms with Gasteiger partial charge in [-0.1, -0.05) is 24.3 Å². The summed E-state index contributed by atoms with van der Waals surface area (Å²) in [6, 6.07) is 10.1. The molecular formula is C18H12F4N2O2S. The Hall–Kier alpha value is -2.81. The fourth-order valence-corrected chi connectivity index (χ4v) is 3.23. The minimum atomic E-state index is -4.56. The molecule has 2 amide bonds. The number of rotatable bonds is 4. The van der Waals surface area contributed by atoms with Crippen molar-refractivity contribution in [3.63, 3.8) is 0 Å². The van der Waals surface area contributed by atoms with Crippen LogP contribution >= 0.6 is 11.8 Å². The lowest BCUT2D eigenvalue weighted by atomic mass is 10.1. The van der Waals surface area contributed by atoms with Crippen molar-refractivity contribution in [3.05, 3.63) is 70.4 Å². The van der Waals surface area contributed by atoms with Gasteiger partial charge in [-0.15, -0.1) is 0 Å². The van der Waals surface area contributed by atoms with Gasteiger partial charge in [0.2, 0.25) is 0 Å². The number of para-hydroxylation sites is 1. The van der Waals surface area contributed by atoms with Crippen molar-refractivity contribution in [2.75, 3.05) is 12.0 Å². The lowest BCUT2D eigenvalue weighted by molar-refractivity contribution is -0.137. The molecule has 1 saturated heterocycles. The number of alkyl halides is 3. The highest BCUT2D eigenvalue weighted by molar-refractivity contribution is 8.18. The number of amides is 2. The van der Waals surface area contributed by atoms with Crippen molar-refractivity contribution in [1.29, 1.82) is 0 Å². The molecule has 27 heavy (non-hydrogen) atoms. The highest BCUT2D eigenvalue weighted by atomic mass is 32.2. The Morgan fingerprint density at radius 1 is 1.04 bits per heavy atom. The third-order valence-corrected chi connectivity index (χ3v) is 4.61. The summed E-state index contributed by atoms with van der Waals surface area (Å²) in [6.07, 6.45) is -3.14. The van der Waals surface area contributed by atoms with E-state index in [2.05, 4.69) is 5.32 Å². The number of imide groups is 1. The standard InChI is InChI=1S/C18H12F4N2O2S/c19-12-7-5-11(6-8-12)9-15-16(25)24(17(26)27-15)10-23-14-4-2-1-3-13(14)18(20,21)22/h1-9,23H,10H2/b15-9-. The SMILES string of the molecule is O=C1S/C(=C\c2ccc(F)cc2)C(=O)N1CNc1ccccc1C(F)(F)F. The van der Waals surface area contributed by atoms with Crippen LogP contribution in [0.3, 0.4) is 0 Å². The molecule has 0 aliphatic carbocycles. The number of carbonyl (C=O) groups is 2. The Labute approximate surface area is 155 Å². The number of nitrogens with zero attached hydrogens (tertiary/aromatic N) is 1. The van der Waals surface area contributed by atoms with Crippen LogP contribution in [0.25, 0.3) is 6.08 Å². The normalized spacial score (nSPS) is 16.3. The second-order valence-electron chi connectivity index (χ2n) is 5.54. The minimum Gasteiger partial charge on any atom is -0.367 e. The highest BCUT2D eigenvalue weighted by Gasteiger charge is 2.36. The first-order valence-corrected chi connectivity index (χ1v) is 8.48. The summed E-state index contributed by atoms with van der Waals surface area (Å²) in [7, 11) is 0. The summed E-state index contributed by atoms with van der Waals surface area (Å²) in [4.78, 5) is 25.3. The van der Waals surface area contributed by atoms with Crippen LogP contribution in [0.15, 0.2) is 53.4 Å². The van der Waals surface area contributed by atoms with Gasteiger partial charge in [0, 0.05) is 5.69 Å². The Bertz CT molecular complexity index is 910. The Morgan fingerprint density at radius 2 is 1.70 bits per heavy atom. The van der Waals surface area contributed by atoms with Gasteiger partial charge in [0.05, 0.1) is 17.1 Å². The molecule has 1 heterocycles. The summed E-state index contributed by atoms with van der Waals surface area (Å²) >= 11 is 0.668. The number of anilines is 1. The minimum absolute atomic E-state index is 0.109. The number of benzene rings is 2. The van der Waals surface area contributed by atoms with E-state index in [1.165, 1.54) is 48.5 Å². The van der Waals surface area contributed by atoms with E-state index in [1.807, 2.05) is 0 Å². The number of halogens is 4. The molecule has 0 saturated carbocycles. The molecule has 0 radical (unpaired) electrons. The Balaban J connectivity index is 1.75. The van der Waals surface area contributed by atoms with Gasteiger partial charge in [0.15, 0.2) is 0 Å². The van der Waals surface area contributed by atoms with Gasteiger partial charge < -0.3 is 5.32 Å². The van der Waals surface area contributed by atoms with E-state index in [4.69, 9.17) is 0 Å². The average molecular weight is 396 g/mol. The zero-order valence-corrected chi connectivity index (χ0v) is 14.4. The van der Waals surface area contributed by atoms with Crippen LogP contribution < -0.4 is 5.32 Å². The average Bonchev–Trinajstić information content (AvgIpc) is 2.88. The van der Waals surface area contributed by atoms with Crippen molar-refractivity contribution in [3.8, 4) is 0 Å². The largest absolute Gasteiger partial charge is 0.418 e. The number of thioether (sulfide) groups is 1. The first-order valence-electron chi connectivity index (χ1n) is 7.67. The van der Waals surface area contributed by atoms with E-state index in [0.29, 0.717) is 17.3 Å². The van der Waals surface area contributed by atoms with Crippen LogP contribution in [0.2, 0.25) is 0 Å². The van der Waals surface area contributed by atoms with Crippen molar-refractivity contribution < 1.29 is 27.2 Å². The molecule has 0 bridgehead atoms. The van der Waals surface area contributed by atoms with E-state index in [9.17, 15) is 27.2 Å². The molecule has 1 aliphatic heterocycles. The maximum atomic E-state index is 13.0. The fourth-order valence-electron chi connectivity index (χ4n) is 2.40. The predicted octanol–water partition coefficient (Wildman–Crippen LogP) is 4.95. The zero-order chi connectivity index (χ0) is 19.6. The van der Waals surface area contributed by atoms with E-state index in [1.54, 1.807) is 0 Å². The van der Waals surface area contributed by atoms with E-state index in [-0.39, 0.29) is 10.6 Å². The van der Waals surface area contributed by atoms with Crippen LogP contribution in [0, 0.1) is 5.82 Å². The number of nitrogens with one attached hydrogen (secondary N) is 1. The maximum Gasteiger partial charge on any atom is 0.418 e. The van der Waals surface area contributed by atoms with Gasteiger partial charge in [0.1, 0.15) is 5.82 Å². The molecular weight excluding hydrogens is 384 g/mol. The molecule has 1 aliphatic rings. The van der Waals surface area contributed by atoms with E-state index in [0.717, 1.165) is 11.0 Å². The van der Waals surface area contributed by atoms with Gasteiger partial charge in [-0.25, -0.2) is 4.39 Å². The van der Waals surface area contributed by atoms with Crippen LogP contribution in [-0.2, 0) is 11.0 Å². The van der Waals surface area contributed by atoms with Gasteiger partial charge in [0.25, 0.3) is 11.1 Å². The summed E-state index contributed by atoms with van der Waals surface area (Å²) in [5.74, 6) is -1.07. The van der Waals surface area contributed by atoms with Gasteiger partial charge >= 0.3 is 6.18 Å². The predicted molar refractivity (Wildman–Crippen MR) is 94.1 cm³/mol. The van der Waals surface area contributed by atoms with Crippen LogP contribution in [0.4, 0.5) is 28.0 Å². The first kappa shape index (κ1) is 19.0. The third kappa shape index (κ3) is 4.30. The maximum absolute atomic E-state index is 13.0. The second kappa shape index (κ2) is 7.43. The topological polar surface area (TPSA) is 49.4 Å². The van der Waals surface area contributed by atoms with Gasteiger partial charge in [-0.2, -0.15) is 13.2 Å². The molecule has 1 fully saturated rings. The monoisotopic (exact) mass is 396 g/mol. The van der Waals surface area contributed by atoms with Crippen molar-refractivity contribution in [2.24, 2.45) is 0 Å². The molecule has 4 nitrogen and oxygen atoms in total. The molecule has 0 aromatic heterocycles. The number of hydrogen-bond donors (Lipinski definition) is 1. The van der Waals surface area contributed by atoms with Crippen molar-refractivity contribution >= 4 is 34.7 Å². The summed E-state index contributed by atoms with van der Waals surface area (Å²) in [5, 5.41) is 1.88. The lowest BCUT2D eigenvalue weighted by Gasteiger charge is -2.18. The fraction of sp³-hybridized carbons (Fsp3) is 0.111. The van der Waals surface area contributed by atoms with Gasteiger partial charge in [-0.05, 0) is 47.7 Å².